The summed E-state index contributed by atoms with van der Waals surface area (Å²) in [7, 11) is 1.84. The number of rotatable bonds is 3. The lowest BCUT2D eigenvalue weighted by Crippen LogP contribution is -2.49. The number of hydrogen-bond acceptors (Lipinski definition) is 3. The van der Waals surface area contributed by atoms with Gasteiger partial charge >= 0.3 is 0 Å². The second-order valence-corrected chi connectivity index (χ2v) is 5.32. The van der Waals surface area contributed by atoms with E-state index in [1.807, 2.05) is 7.11 Å². The van der Waals surface area contributed by atoms with Crippen molar-refractivity contribution in [3.8, 4) is 0 Å². The van der Waals surface area contributed by atoms with Crippen molar-refractivity contribution in [1.29, 1.82) is 0 Å². The van der Waals surface area contributed by atoms with Gasteiger partial charge in [0.05, 0.1) is 6.10 Å². The fourth-order valence-electron chi connectivity index (χ4n) is 3.39. The maximum Gasteiger partial charge on any atom is 0.0595 e. The molecule has 2 aliphatic rings. The Morgan fingerprint density at radius 1 is 1.12 bits per heavy atom. The minimum absolute atomic E-state index is 0.496. The third-order valence-corrected chi connectivity index (χ3v) is 4.45. The van der Waals surface area contributed by atoms with Crippen molar-refractivity contribution >= 4 is 0 Å². The van der Waals surface area contributed by atoms with Crippen LogP contribution in [0.4, 0.5) is 0 Å². The van der Waals surface area contributed by atoms with Crippen molar-refractivity contribution in [1.82, 2.24) is 4.90 Å². The van der Waals surface area contributed by atoms with Gasteiger partial charge in [-0.05, 0) is 38.1 Å². The summed E-state index contributed by atoms with van der Waals surface area (Å²) in [4.78, 5) is 2.67. The lowest BCUT2D eigenvalue weighted by molar-refractivity contribution is 0.00891. The average molecular weight is 226 g/mol. The number of ether oxygens (including phenoxy) is 1. The van der Waals surface area contributed by atoms with E-state index < -0.39 is 0 Å². The van der Waals surface area contributed by atoms with Crippen molar-refractivity contribution in [2.24, 2.45) is 11.7 Å². The molecular weight excluding hydrogens is 200 g/mol. The fraction of sp³-hybridized carbons (Fsp3) is 1.00. The normalized spacial score (nSPS) is 34.1. The zero-order valence-electron chi connectivity index (χ0n) is 10.5. The highest BCUT2D eigenvalue weighted by Crippen LogP contribution is 2.30. The molecule has 1 aliphatic carbocycles. The molecule has 0 spiro atoms. The van der Waals surface area contributed by atoms with Crippen LogP contribution in [0.25, 0.3) is 0 Å². The van der Waals surface area contributed by atoms with E-state index in [2.05, 4.69) is 4.90 Å². The van der Waals surface area contributed by atoms with Crippen molar-refractivity contribution in [2.45, 2.75) is 50.7 Å². The molecule has 2 atom stereocenters. The highest BCUT2D eigenvalue weighted by Gasteiger charge is 2.31. The molecule has 1 aliphatic heterocycles. The Kier molecular flexibility index (Phi) is 4.62. The van der Waals surface area contributed by atoms with E-state index in [1.165, 1.54) is 51.6 Å². The van der Waals surface area contributed by atoms with Crippen molar-refractivity contribution < 1.29 is 4.74 Å². The van der Waals surface area contributed by atoms with Crippen LogP contribution in [0.5, 0.6) is 0 Å². The molecule has 3 nitrogen and oxygen atoms in total. The van der Waals surface area contributed by atoms with Crippen LogP contribution in [0.3, 0.4) is 0 Å². The first kappa shape index (κ1) is 12.3. The van der Waals surface area contributed by atoms with Gasteiger partial charge in [0.25, 0.3) is 0 Å². The first-order valence-corrected chi connectivity index (χ1v) is 6.82. The maximum absolute atomic E-state index is 5.90. The number of nitrogens with two attached hydrogens (primary N) is 1. The Morgan fingerprint density at radius 3 is 2.44 bits per heavy atom. The topological polar surface area (TPSA) is 38.5 Å². The lowest BCUT2D eigenvalue weighted by atomic mass is 9.82. The molecule has 1 saturated carbocycles. The summed E-state index contributed by atoms with van der Waals surface area (Å²) in [6.45, 7) is 3.29. The Bertz CT molecular complexity index is 202. The number of piperidine rings is 1. The first-order valence-electron chi connectivity index (χ1n) is 6.82. The highest BCUT2D eigenvalue weighted by atomic mass is 16.5. The van der Waals surface area contributed by atoms with E-state index in [4.69, 9.17) is 10.5 Å². The van der Waals surface area contributed by atoms with Gasteiger partial charge in [0.2, 0.25) is 0 Å². The van der Waals surface area contributed by atoms with Gasteiger partial charge in [-0.2, -0.15) is 0 Å². The molecule has 3 heteroatoms. The van der Waals surface area contributed by atoms with E-state index >= 15 is 0 Å². The van der Waals surface area contributed by atoms with Crippen LogP contribution in [-0.2, 0) is 4.74 Å². The van der Waals surface area contributed by atoms with Gasteiger partial charge in [-0.1, -0.05) is 12.8 Å². The molecule has 1 saturated heterocycles. The van der Waals surface area contributed by atoms with E-state index in [-0.39, 0.29) is 0 Å². The predicted octanol–water partition coefficient (Wildman–Crippen LogP) is 1.61. The van der Waals surface area contributed by atoms with Crippen LogP contribution in [0, 0.1) is 5.92 Å². The van der Waals surface area contributed by atoms with Crippen LogP contribution in [0.2, 0.25) is 0 Å². The fourth-order valence-corrected chi connectivity index (χ4v) is 3.39. The van der Waals surface area contributed by atoms with E-state index in [1.54, 1.807) is 0 Å². The van der Waals surface area contributed by atoms with Crippen LogP contribution >= 0.6 is 0 Å². The second kappa shape index (κ2) is 5.99. The number of likely N-dealkylation sites (tertiary alicyclic amines) is 1. The molecule has 0 radical (unpaired) electrons. The van der Waals surface area contributed by atoms with Gasteiger partial charge in [0.15, 0.2) is 0 Å². The van der Waals surface area contributed by atoms with Gasteiger partial charge in [-0.15, -0.1) is 0 Å². The summed E-state index contributed by atoms with van der Waals surface area (Å²) in [6.07, 6.45) is 8.37. The van der Waals surface area contributed by atoms with Gasteiger partial charge in [0, 0.05) is 26.2 Å². The SMILES string of the molecule is COC1CCN(C2CCCCC2CN)CC1. The largest absolute Gasteiger partial charge is 0.381 e. The van der Waals surface area contributed by atoms with Gasteiger partial charge in [-0.25, -0.2) is 0 Å². The van der Waals surface area contributed by atoms with Crippen molar-refractivity contribution in [3.63, 3.8) is 0 Å². The Morgan fingerprint density at radius 2 is 1.81 bits per heavy atom. The number of hydrogen-bond donors (Lipinski definition) is 1. The summed E-state index contributed by atoms with van der Waals surface area (Å²) in [5.74, 6) is 0.743. The molecule has 94 valence electrons. The predicted molar refractivity (Wildman–Crippen MR) is 66.4 cm³/mol. The zero-order valence-corrected chi connectivity index (χ0v) is 10.5. The summed E-state index contributed by atoms with van der Waals surface area (Å²) in [6, 6.07) is 0.761. The minimum Gasteiger partial charge on any atom is -0.381 e. The minimum atomic E-state index is 0.496. The van der Waals surface area contributed by atoms with Gasteiger partial charge in [-0.3, -0.25) is 4.90 Å². The Hall–Kier alpha value is -0.120. The van der Waals surface area contributed by atoms with Crippen LogP contribution < -0.4 is 5.73 Å². The molecule has 16 heavy (non-hydrogen) atoms. The molecule has 0 aromatic heterocycles. The standard InChI is InChI=1S/C13H26N2O/c1-16-12-6-8-15(9-7-12)13-5-3-2-4-11(13)10-14/h11-13H,2-10,14H2,1H3. The van der Waals surface area contributed by atoms with Gasteiger partial charge < -0.3 is 10.5 Å². The second-order valence-electron chi connectivity index (χ2n) is 5.32. The van der Waals surface area contributed by atoms with Crippen LogP contribution in [0.1, 0.15) is 38.5 Å². The molecule has 0 amide bonds. The average Bonchev–Trinajstić information content (AvgIpc) is 2.39. The molecule has 2 fully saturated rings. The molecule has 2 unspecified atom stereocenters. The van der Waals surface area contributed by atoms with Crippen molar-refractivity contribution in [2.75, 3.05) is 26.7 Å². The summed E-state index contributed by atoms with van der Waals surface area (Å²) in [5.41, 5.74) is 5.90. The highest BCUT2D eigenvalue weighted by molar-refractivity contribution is 4.86. The summed E-state index contributed by atoms with van der Waals surface area (Å²) < 4.78 is 5.43. The first-order chi connectivity index (χ1) is 7.85. The zero-order chi connectivity index (χ0) is 11.4. The van der Waals surface area contributed by atoms with Crippen molar-refractivity contribution in [3.05, 3.63) is 0 Å². The monoisotopic (exact) mass is 226 g/mol. The van der Waals surface area contributed by atoms with Crippen LogP contribution in [0.15, 0.2) is 0 Å². The maximum atomic E-state index is 5.90. The molecule has 1 heterocycles. The molecule has 0 aromatic rings. The summed E-state index contributed by atoms with van der Waals surface area (Å²) >= 11 is 0. The van der Waals surface area contributed by atoms with Gasteiger partial charge in [0.1, 0.15) is 0 Å². The van der Waals surface area contributed by atoms with E-state index in [0.717, 1.165) is 18.5 Å². The lowest BCUT2D eigenvalue weighted by Gasteiger charge is -2.42. The Labute approximate surface area is 99.3 Å². The molecule has 0 bridgehead atoms. The molecule has 2 rings (SSSR count). The third-order valence-electron chi connectivity index (χ3n) is 4.45. The van der Waals surface area contributed by atoms with E-state index in [0.29, 0.717) is 6.10 Å². The van der Waals surface area contributed by atoms with Crippen LogP contribution in [-0.4, -0.2) is 43.8 Å². The third kappa shape index (κ3) is 2.76. The summed E-state index contributed by atoms with van der Waals surface area (Å²) in [5, 5.41) is 0. The molecule has 0 aromatic carbocycles. The molecular formula is C13H26N2O. The quantitative estimate of drug-likeness (QED) is 0.794. The molecule has 2 N–H and O–H groups in total. The smallest absolute Gasteiger partial charge is 0.0595 e. The number of methoxy groups -OCH3 is 1. The number of nitrogens with zero attached hydrogens (tertiary/aromatic N) is 1. The van der Waals surface area contributed by atoms with E-state index in [9.17, 15) is 0 Å². The Balaban J connectivity index is 1.86.